The quantitative estimate of drug-likeness (QED) is 0.800. The molecule has 0 saturated heterocycles. The predicted octanol–water partition coefficient (Wildman–Crippen LogP) is 1.94. The lowest BCUT2D eigenvalue weighted by Crippen LogP contribution is -2.32. The molecule has 0 aliphatic heterocycles. The fraction of sp³-hybridized carbons (Fsp3) is 0.455. The normalized spacial score (nSPS) is 30.1. The Morgan fingerprint density at radius 1 is 1.64 bits per heavy atom. The van der Waals surface area contributed by atoms with Gasteiger partial charge in [0.05, 0.1) is 5.54 Å². The first kappa shape index (κ1) is 9.46. The second-order valence-electron chi connectivity index (χ2n) is 4.08. The first-order valence-electron chi connectivity index (χ1n) is 4.77. The molecule has 0 bridgehead atoms. The number of nitrogens with two attached hydrogens (primary N) is 1. The van der Waals surface area contributed by atoms with Crippen LogP contribution in [0, 0.1) is 11.7 Å². The standard InChI is InChI=1S/C11H14FNO/c1-8-6-11(8,13)7-14-10-4-2-3-9(12)5-10/h2-5,8H,6-7,13H2,1H3. The van der Waals surface area contributed by atoms with Crippen molar-refractivity contribution in [1.82, 2.24) is 0 Å². The van der Waals surface area contributed by atoms with E-state index in [-0.39, 0.29) is 11.4 Å². The van der Waals surface area contributed by atoms with Crippen molar-refractivity contribution in [3.8, 4) is 5.75 Å². The van der Waals surface area contributed by atoms with Crippen LogP contribution in [-0.2, 0) is 0 Å². The van der Waals surface area contributed by atoms with Gasteiger partial charge in [0.2, 0.25) is 0 Å². The highest BCUT2D eigenvalue weighted by Gasteiger charge is 2.48. The largest absolute Gasteiger partial charge is 0.492 e. The summed E-state index contributed by atoms with van der Waals surface area (Å²) in [5, 5.41) is 0. The van der Waals surface area contributed by atoms with E-state index < -0.39 is 0 Å². The summed E-state index contributed by atoms with van der Waals surface area (Å²) in [5.41, 5.74) is 5.77. The number of hydrogen-bond acceptors (Lipinski definition) is 2. The van der Waals surface area contributed by atoms with Crippen LogP contribution in [0.25, 0.3) is 0 Å². The van der Waals surface area contributed by atoms with E-state index in [0.29, 0.717) is 18.3 Å². The molecule has 2 rings (SSSR count). The van der Waals surface area contributed by atoms with Gasteiger partial charge in [-0.25, -0.2) is 4.39 Å². The van der Waals surface area contributed by atoms with Crippen LogP contribution in [0.3, 0.4) is 0 Å². The zero-order chi connectivity index (χ0) is 10.2. The molecule has 0 spiro atoms. The summed E-state index contributed by atoms with van der Waals surface area (Å²) in [4.78, 5) is 0. The van der Waals surface area contributed by atoms with Crippen molar-refractivity contribution >= 4 is 0 Å². The minimum absolute atomic E-state index is 0.188. The summed E-state index contributed by atoms with van der Waals surface area (Å²) >= 11 is 0. The van der Waals surface area contributed by atoms with E-state index in [9.17, 15) is 4.39 Å². The van der Waals surface area contributed by atoms with Gasteiger partial charge < -0.3 is 10.5 Å². The van der Waals surface area contributed by atoms with Gasteiger partial charge in [-0.3, -0.25) is 0 Å². The molecular weight excluding hydrogens is 181 g/mol. The fourth-order valence-electron chi connectivity index (χ4n) is 1.49. The van der Waals surface area contributed by atoms with Gasteiger partial charge in [-0.05, 0) is 24.5 Å². The van der Waals surface area contributed by atoms with Crippen LogP contribution in [0.4, 0.5) is 4.39 Å². The highest BCUT2D eigenvalue weighted by atomic mass is 19.1. The lowest BCUT2D eigenvalue weighted by molar-refractivity contribution is 0.270. The average Bonchev–Trinajstić information content (AvgIpc) is 2.72. The maximum Gasteiger partial charge on any atom is 0.126 e. The highest BCUT2D eigenvalue weighted by Crippen LogP contribution is 2.40. The smallest absolute Gasteiger partial charge is 0.126 e. The molecule has 2 unspecified atom stereocenters. The molecule has 0 amide bonds. The Morgan fingerprint density at radius 3 is 2.93 bits per heavy atom. The summed E-state index contributed by atoms with van der Waals surface area (Å²) in [7, 11) is 0. The van der Waals surface area contributed by atoms with Gasteiger partial charge in [0, 0.05) is 6.07 Å². The maximum absolute atomic E-state index is 12.8. The highest BCUT2D eigenvalue weighted by molar-refractivity contribution is 5.23. The van der Waals surface area contributed by atoms with Crippen LogP contribution in [-0.4, -0.2) is 12.1 Å². The first-order chi connectivity index (χ1) is 6.60. The van der Waals surface area contributed by atoms with Crippen LogP contribution in [0.15, 0.2) is 24.3 Å². The molecule has 1 aromatic carbocycles. The van der Waals surface area contributed by atoms with E-state index in [1.807, 2.05) is 0 Å². The Labute approximate surface area is 82.9 Å². The minimum atomic E-state index is -0.280. The minimum Gasteiger partial charge on any atom is -0.492 e. The van der Waals surface area contributed by atoms with Crippen molar-refractivity contribution < 1.29 is 9.13 Å². The van der Waals surface area contributed by atoms with Gasteiger partial charge in [-0.1, -0.05) is 13.0 Å². The molecule has 0 heterocycles. The van der Waals surface area contributed by atoms with E-state index in [1.165, 1.54) is 12.1 Å². The van der Waals surface area contributed by atoms with Crippen molar-refractivity contribution in [2.24, 2.45) is 11.7 Å². The monoisotopic (exact) mass is 195 g/mol. The average molecular weight is 195 g/mol. The molecule has 0 aromatic heterocycles. The molecule has 2 atom stereocenters. The summed E-state index contributed by atoms with van der Waals surface area (Å²) in [5.74, 6) is 0.780. The Hall–Kier alpha value is -1.09. The first-order valence-corrected chi connectivity index (χ1v) is 4.77. The molecule has 1 aromatic rings. The van der Waals surface area contributed by atoms with Crippen molar-refractivity contribution in [1.29, 1.82) is 0 Å². The van der Waals surface area contributed by atoms with Crippen molar-refractivity contribution in [3.05, 3.63) is 30.1 Å². The van der Waals surface area contributed by atoms with E-state index in [4.69, 9.17) is 10.5 Å². The zero-order valence-corrected chi connectivity index (χ0v) is 8.16. The Kier molecular flexibility index (Phi) is 2.19. The summed E-state index contributed by atoms with van der Waals surface area (Å²) in [6.07, 6.45) is 0.988. The van der Waals surface area contributed by atoms with Gasteiger partial charge in [0.1, 0.15) is 18.2 Å². The lowest BCUT2D eigenvalue weighted by Gasteiger charge is -2.12. The van der Waals surface area contributed by atoms with Crippen molar-refractivity contribution in [2.75, 3.05) is 6.61 Å². The van der Waals surface area contributed by atoms with Crippen molar-refractivity contribution in [2.45, 2.75) is 18.9 Å². The lowest BCUT2D eigenvalue weighted by atomic mass is 10.2. The Bertz CT molecular complexity index is 342. The molecule has 76 valence electrons. The SMILES string of the molecule is CC1CC1(N)COc1cccc(F)c1. The molecule has 2 N–H and O–H groups in total. The van der Waals surface area contributed by atoms with Crippen LogP contribution >= 0.6 is 0 Å². The molecule has 3 heteroatoms. The Balaban J connectivity index is 1.92. The van der Waals surface area contributed by atoms with Crippen LogP contribution < -0.4 is 10.5 Å². The molecule has 1 aliphatic rings. The number of rotatable bonds is 3. The van der Waals surface area contributed by atoms with E-state index in [0.717, 1.165) is 6.42 Å². The summed E-state index contributed by atoms with van der Waals surface area (Å²) in [6.45, 7) is 2.56. The second kappa shape index (κ2) is 3.24. The second-order valence-corrected chi connectivity index (χ2v) is 4.08. The van der Waals surface area contributed by atoms with Gasteiger partial charge in [0.15, 0.2) is 0 Å². The van der Waals surface area contributed by atoms with E-state index in [2.05, 4.69) is 6.92 Å². The molecular formula is C11H14FNO. The summed E-state index contributed by atoms with van der Waals surface area (Å²) < 4.78 is 18.2. The van der Waals surface area contributed by atoms with Crippen LogP contribution in [0.5, 0.6) is 5.75 Å². The van der Waals surface area contributed by atoms with Gasteiger partial charge in [-0.15, -0.1) is 0 Å². The number of benzene rings is 1. The molecule has 2 nitrogen and oxygen atoms in total. The molecule has 1 aliphatic carbocycles. The maximum atomic E-state index is 12.8. The number of halogens is 1. The Morgan fingerprint density at radius 2 is 2.36 bits per heavy atom. The number of ether oxygens (including phenoxy) is 1. The van der Waals surface area contributed by atoms with Crippen LogP contribution in [0.1, 0.15) is 13.3 Å². The fourth-order valence-corrected chi connectivity index (χ4v) is 1.49. The summed E-state index contributed by atoms with van der Waals surface area (Å²) in [6, 6.07) is 6.13. The number of hydrogen-bond donors (Lipinski definition) is 1. The molecule has 14 heavy (non-hydrogen) atoms. The zero-order valence-electron chi connectivity index (χ0n) is 8.16. The third kappa shape index (κ3) is 1.87. The van der Waals surface area contributed by atoms with Gasteiger partial charge >= 0.3 is 0 Å². The molecule has 0 radical (unpaired) electrons. The molecule has 1 fully saturated rings. The topological polar surface area (TPSA) is 35.2 Å². The van der Waals surface area contributed by atoms with Gasteiger partial charge in [0.25, 0.3) is 0 Å². The van der Waals surface area contributed by atoms with Crippen LogP contribution in [0.2, 0.25) is 0 Å². The van der Waals surface area contributed by atoms with Crippen molar-refractivity contribution in [3.63, 3.8) is 0 Å². The van der Waals surface area contributed by atoms with Gasteiger partial charge in [-0.2, -0.15) is 0 Å². The third-order valence-electron chi connectivity index (χ3n) is 2.81. The molecule has 1 saturated carbocycles. The third-order valence-corrected chi connectivity index (χ3v) is 2.81. The predicted molar refractivity (Wildman–Crippen MR) is 52.6 cm³/mol. The van der Waals surface area contributed by atoms with E-state index >= 15 is 0 Å². The van der Waals surface area contributed by atoms with E-state index in [1.54, 1.807) is 12.1 Å².